The largest absolute Gasteiger partial charge is 0.480 e. The van der Waals surface area contributed by atoms with Gasteiger partial charge in [0.1, 0.15) is 6.04 Å². The van der Waals surface area contributed by atoms with Crippen LogP contribution in [0.5, 0.6) is 0 Å². The van der Waals surface area contributed by atoms with Gasteiger partial charge in [-0.15, -0.1) is 0 Å². The van der Waals surface area contributed by atoms with Crippen LogP contribution in [0.15, 0.2) is 0 Å². The number of carbonyl (C=O) groups excluding carboxylic acids is 1. The van der Waals surface area contributed by atoms with Crippen molar-refractivity contribution < 1.29 is 14.7 Å². The quantitative estimate of drug-likeness (QED) is 0.705. The molecule has 3 unspecified atom stereocenters. The van der Waals surface area contributed by atoms with Crippen LogP contribution >= 0.6 is 0 Å². The van der Waals surface area contributed by atoms with Gasteiger partial charge in [0.05, 0.1) is 0 Å². The van der Waals surface area contributed by atoms with Crippen molar-refractivity contribution in [1.29, 1.82) is 0 Å². The number of nitrogens with one attached hydrogen (secondary N) is 2. The zero-order chi connectivity index (χ0) is 13.5. The van der Waals surface area contributed by atoms with Gasteiger partial charge in [-0.25, -0.2) is 9.59 Å². The molecule has 3 N–H and O–H groups in total. The van der Waals surface area contributed by atoms with E-state index >= 15 is 0 Å². The molecule has 18 heavy (non-hydrogen) atoms. The van der Waals surface area contributed by atoms with Gasteiger partial charge in [0.2, 0.25) is 0 Å². The fourth-order valence-electron chi connectivity index (χ4n) is 2.59. The summed E-state index contributed by atoms with van der Waals surface area (Å²) in [6.45, 7) is 3.88. The first-order valence-corrected chi connectivity index (χ1v) is 6.88. The van der Waals surface area contributed by atoms with Crippen LogP contribution in [-0.4, -0.2) is 29.2 Å². The molecule has 1 aliphatic carbocycles. The average Bonchev–Trinajstić information content (AvgIpc) is 2.36. The maximum absolute atomic E-state index is 11.8. The van der Waals surface area contributed by atoms with Crippen molar-refractivity contribution in [3.05, 3.63) is 0 Å². The lowest BCUT2D eigenvalue weighted by atomic mass is 9.83. The Balaban J connectivity index is 2.45. The third-order valence-corrected chi connectivity index (χ3v) is 3.76. The van der Waals surface area contributed by atoms with Gasteiger partial charge in [0.25, 0.3) is 0 Å². The van der Waals surface area contributed by atoms with E-state index < -0.39 is 12.0 Å². The lowest BCUT2D eigenvalue weighted by Gasteiger charge is -2.31. The third-order valence-electron chi connectivity index (χ3n) is 3.76. The van der Waals surface area contributed by atoms with E-state index in [1.54, 1.807) is 6.92 Å². The molecule has 0 aromatic rings. The van der Waals surface area contributed by atoms with E-state index in [1.165, 1.54) is 6.42 Å². The molecule has 1 saturated carbocycles. The van der Waals surface area contributed by atoms with Gasteiger partial charge in [-0.1, -0.05) is 33.1 Å². The minimum Gasteiger partial charge on any atom is -0.480 e. The number of rotatable bonds is 5. The van der Waals surface area contributed by atoms with Crippen LogP contribution in [0.1, 0.15) is 52.4 Å². The average molecular weight is 256 g/mol. The Morgan fingerprint density at radius 2 is 1.94 bits per heavy atom. The van der Waals surface area contributed by atoms with Gasteiger partial charge in [0.15, 0.2) is 0 Å². The van der Waals surface area contributed by atoms with Gasteiger partial charge in [-0.2, -0.15) is 0 Å². The smallest absolute Gasteiger partial charge is 0.326 e. The number of hydrogen-bond acceptors (Lipinski definition) is 2. The van der Waals surface area contributed by atoms with Crippen LogP contribution in [-0.2, 0) is 4.79 Å². The Bertz CT molecular complexity index is 294. The van der Waals surface area contributed by atoms with E-state index in [9.17, 15) is 9.59 Å². The molecule has 1 aliphatic rings. The van der Waals surface area contributed by atoms with Crippen molar-refractivity contribution in [3.8, 4) is 0 Å². The monoisotopic (exact) mass is 256 g/mol. The van der Waals surface area contributed by atoms with Gasteiger partial charge < -0.3 is 15.7 Å². The fourth-order valence-corrected chi connectivity index (χ4v) is 2.59. The van der Waals surface area contributed by atoms with Gasteiger partial charge in [-0.3, -0.25) is 0 Å². The molecule has 2 amide bonds. The number of urea groups is 1. The first kappa shape index (κ1) is 14.8. The van der Waals surface area contributed by atoms with E-state index in [4.69, 9.17) is 5.11 Å². The number of carboxylic acid groups (broad SMARTS) is 1. The Kier molecular flexibility index (Phi) is 5.95. The summed E-state index contributed by atoms with van der Waals surface area (Å²) in [4.78, 5) is 22.6. The number of aliphatic carboxylic acids is 1. The Labute approximate surface area is 108 Å². The zero-order valence-electron chi connectivity index (χ0n) is 11.2. The lowest BCUT2D eigenvalue weighted by molar-refractivity contribution is -0.139. The summed E-state index contributed by atoms with van der Waals surface area (Å²) in [5.41, 5.74) is 0. The normalized spacial score (nSPS) is 25.2. The van der Waals surface area contributed by atoms with Crippen molar-refractivity contribution in [3.63, 3.8) is 0 Å². The predicted octanol–water partition coefficient (Wildman–Crippen LogP) is 2.12. The summed E-state index contributed by atoms with van der Waals surface area (Å²) in [7, 11) is 0. The third kappa shape index (κ3) is 4.20. The zero-order valence-corrected chi connectivity index (χ0v) is 11.2. The van der Waals surface area contributed by atoms with Crippen molar-refractivity contribution >= 4 is 12.0 Å². The van der Waals surface area contributed by atoms with E-state index in [1.807, 2.05) is 0 Å². The molecule has 0 aliphatic heterocycles. The van der Waals surface area contributed by atoms with E-state index in [2.05, 4.69) is 17.6 Å². The van der Waals surface area contributed by atoms with Gasteiger partial charge >= 0.3 is 12.0 Å². The van der Waals surface area contributed by atoms with Crippen molar-refractivity contribution in [2.75, 3.05) is 0 Å². The van der Waals surface area contributed by atoms with E-state index in [0.29, 0.717) is 12.3 Å². The molecule has 5 heteroatoms. The highest BCUT2D eigenvalue weighted by Gasteiger charge is 2.26. The summed E-state index contributed by atoms with van der Waals surface area (Å²) in [6, 6.07) is -0.960. The molecule has 5 nitrogen and oxygen atoms in total. The summed E-state index contributed by atoms with van der Waals surface area (Å²) in [6.07, 6.45) is 5.96. The van der Waals surface area contributed by atoms with Gasteiger partial charge in [0, 0.05) is 6.04 Å². The molecule has 1 rings (SSSR count). The molecule has 104 valence electrons. The highest BCUT2D eigenvalue weighted by molar-refractivity contribution is 5.82. The molecule has 0 bridgehead atoms. The second-order valence-electron chi connectivity index (χ2n) is 4.98. The van der Waals surface area contributed by atoms with E-state index in [-0.39, 0.29) is 12.1 Å². The highest BCUT2D eigenvalue weighted by atomic mass is 16.4. The maximum atomic E-state index is 11.8. The van der Waals surface area contributed by atoms with Gasteiger partial charge in [-0.05, 0) is 25.2 Å². The van der Waals surface area contributed by atoms with Crippen LogP contribution in [0.2, 0.25) is 0 Å². The van der Waals surface area contributed by atoms with Crippen LogP contribution in [0, 0.1) is 5.92 Å². The minimum atomic E-state index is -0.983. The fraction of sp³-hybridized carbons (Fsp3) is 0.846. The van der Waals surface area contributed by atoms with Crippen LogP contribution < -0.4 is 10.6 Å². The summed E-state index contributed by atoms with van der Waals surface area (Å²) in [5, 5.41) is 14.3. The number of carbonyl (C=O) groups is 2. The predicted molar refractivity (Wildman–Crippen MR) is 69.4 cm³/mol. The molecule has 0 saturated heterocycles. The molecule has 0 aromatic heterocycles. The molecule has 0 heterocycles. The second-order valence-corrected chi connectivity index (χ2v) is 4.98. The highest BCUT2D eigenvalue weighted by Crippen LogP contribution is 2.26. The van der Waals surface area contributed by atoms with Crippen molar-refractivity contribution in [1.82, 2.24) is 10.6 Å². The topological polar surface area (TPSA) is 78.4 Å². The minimum absolute atomic E-state index is 0.190. The molecule has 3 atom stereocenters. The second kappa shape index (κ2) is 7.24. The molecule has 1 fully saturated rings. The SMILES string of the molecule is CCC(NC(=O)NC1CCCCC1CC)C(=O)O. The summed E-state index contributed by atoms with van der Waals surface area (Å²) < 4.78 is 0. The Morgan fingerprint density at radius 3 is 2.50 bits per heavy atom. The van der Waals surface area contributed by atoms with Crippen LogP contribution in [0.3, 0.4) is 0 Å². The maximum Gasteiger partial charge on any atom is 0.326 e. The number of carboxylic acids is 1. The van der Waals surface area contributed by atoms with Crippen LogP contribution in [0.25, 0.3) is 0 Å². The molecular formula is C13H24N2O3. The van der Waals surface area contributed by atoms with Crippen molar-refractivity contribution in [2.45, 2.75) is 64.5 Å². The first-order valence-electron chi connectivity index (χ1n) is 6.88. The standard InChI is InChI=1S/C13H24N2O3/c1-3-9-7-5-6-8-11(9)15-13(18)14-10(4-2)12(16)17/h9-11H,3-8H2,1-2H3,(H,16,17)(H2,14,15,18). The first-order chi connectivity index (χ1) is 8.58. The molecular weight excluding hydrogens is 232 g/mol. The summed E-state index contributed by atoms with van der Waals surface area (Å²) in [5.74, 6) is -0.460. The molecule has 0 radical (unpaired) electrons. The van der Waals surface area contributed by atoms with Crippen LogP contribution in [0.4, 0.5) is 4.79 Å². The summed E-state index contributed by atoms with van der Waals surface area (Å²) >= 11 is 0. The lowest BCUT2D eigenvalue weighted by Crippen LogP contribution is -2.51. The van der Waals surface area contributed by atoms with E-state index in [0.717, 1.165) is 25.7 Å². The Morgan fingerprint density at radius 1 is 1.28 bits per heavy atom. The molecule has 0 aromatic carbocycles. The Hall–Kier alpha value is -1.26. The number of hydrogen-bond donors (Lipinski definition) is 3. The number of amides is 2. The molecule has 0 spiro atoms. The van der Waals surface area contributed by atoms with Crippen molar-refractivity contribution in [2.24, 2.45) is 5.92 Å².